The average Bonchev–Trinajstić information content (AvgIpc) is 2.14. The predicted octanol–water partition coefficient (Wildman–Crippen LogP) is 3.57. The fourth-order valence-electron chi connectivity index (χ4n) is 0.994. The first-order chi connectivity index (χ1) is 6.20. The molecule has 0 bridgehead atoms. The van der Waals surface area contributed by atoms with Gasteiger partial charge in [-0.05, 0) is 32.6 Å². The second-order valence-corrected chi connectivity index (χ2v) is 3.46. The van der Waals surface area contributed by atoms with Crippen molar-refractivity contribution in [3.05, 3.63) is 24.3 Å². The second-order valence-electron chi connectivity index (χ2n) is 3.46. The highest BCUT2D eigenvalue weighted by atomic mass is 16.5. The van der Waals surface area contributed by atoms with Gasteiger partial charge in [0.25, 0.3) is 0 Å². The van der Waals surface area contributed by atoms with Crippen molar-refractivity contribution >= 4 is 0 Å². The Morgan fingerprint density at radius 2 is 2.23 bits per heavy atom. The largest absolute Gasteiger partial charge is 0.378 e. The highest BCUT2D eigenvalue weighted by molar-refractivity contribution is 4.98. The van der Waals surface area contributed by atoms with Crippen molar-refractivity contribution in [2.75, 3.05) is 13.2 Å². The van der Waals surface area contributed by atoms with Crippen molar-refractivity contribution in [3.8, 4) is 0 Å². The molecule has 1 unspecified atom stereocenters. The van der Waals surface area contributed by atoms with E-state index in [9.17, 15) is 0 Å². The summed E-state index contributed by atoms with van der Waals surface area (Å²) in [6.07, 6.45) is 6.52. The zero-order chi connectivity index (χ0) is 10.1. The van der Waals surface area contributed by atoms with Crippen LogP contribution in [-0.2, 0) is 4.74 Å². The van der Waals surface area contributed by atoms with Crippen LogP contribution >= 0.6 is 0 Å². The monoisotopic (exact) mass is 182 g/mol. The minimum atomic E-state index is 0.621. The van der Waals surface area contributed by atoms with E-state index in [1.807, 2.05) is 13.0 Å². The molecule has 0 amide bonds. The summed E-state index contributed by atoms with van der Waals surface area (Å²) in [5.41, 5.74) is 1.42. The topological polar surface area (TPSA) is 9.23 Å². The normalized spacial score (nSPS) is 14.2. The summed E-state index contributed by atoms with van der Waals surface area (Å²) in [5, 5.41) is 0. The van der Waals surface area contributed by atoms with Crippen LogP contribution in [0.5, 0.6) is 0 Å². The zero-order valence-electron chi connectivity index (χ0n) is 9.18. The van der Waals surface area contributed by atoms with Crippen molar-refractivity contribution in [3.63, 3.8) is 0 Å². The van der Waals surface area contributed by atoms with Crippen LogP contribution < -0.4 is 0 Å². The molecule has 13 heavy (non-hydrogen) atoms. The van der Waals surface area contributed by atoms with Gasteiger partial charge in [-0.1, -0.05) is 24.6 Å². The number of hydrogen-bond acceptors (Lipinski definition) is 1. The Bertz CT molecular complexity index is 159. The van der Waals surface area contributed by atoms with Crippen LogP contribution in [0.25, 0.3) is 0 Å². The molecule has 0 fully saturated rings. The maximum absolute atomic E-state index is 5.24. The highest BCUT2D eigenvalue weighted by Gasteiger charge is 1.96. The third-order valence-corrected chi connectivity index (χ3v) is 2.15. The van der Waals surface area contributed by atoms with E-state index in [2.05, 4.69) is 26.5 Å². The molecule has 1 atom stereocenters. The molecule has 1 nitrogen and oxygen atoms in total. The van der Waals surface area contributed by atoms with Crippen LogP contribution in [0.4, 0.5) is 0 Å². The summed E-state index contributed by atoms with van der Waals surface area (Å²) in [6, 6.07) is 0. The van der Waals surface area contributed by atoms with Crippen LogP contribution in [0.1, 0.15) is 33.6 Å². The molecular weight excluding hydrogens is 160 g/mol. The van der Waals surface area contributed by atoms with Crippen molar-refractivity contribution < 1.29 is 4.74 Å². The van der Waals surface area contributed by atoms with Gasteiger partial charge in [0.2, 0.25) is 0 Å². The molecule has 0 aromatic heterocycles. The van der Waals surface area contributed by atoms with Gasteiger partial charge in [-0.2, -0.15) is 0 Å². The average molecular weight is 182 g/mol. The maximum atomic E-state index is 5.24. The fourth-order valence-corrected chi connectivity index (χ4v) is 0.994. The van der Waals surface area contributed by atoms with E-state index in [0.717, 1.165) is 19.6 Å². The van der Waals surface area contributed by atoms with Gasteiger partial charge in [0.1, 0.15) is 0 Å². The molecule has 76 valence electrons. The lowest BCUT2D eigenvalue weighted by molar-refractivity contribution is 0.177. The summed E-state index contributed by atoms with van der Waals surface area (Å²) < 4.78 is 5.24. The van der Waals surface area contributed by atoms with E-state index in [-0.39, 0.29) is 0 Å². The summed E-state index contributed by atoms with van der Waals surface area (Å²) >= 11 is 0. The minimum Gasteiger partial charge on any atom is -0.378 e. The zero-order valence-corrected chi connectivity index (χ0v) is 9.18. The van der Waals surface area contributed by atoms with E-state index in [0.29, 0.717) is 5.92 Å². The Balaban J connectivity index is 3.54. The lowest BCUT2D eigenvalue weighted by Crippen LogP contribution is -1.93. The van der Waals surface area contributed by atoms with E-state index < -0.39 is 0 Å². The van der Waals surface area contributed by atoms with E-state index in [4.69, 9.17) is 4.74 Å². The summed E-state index contributed by atoms with van der Waals surface area (Å²) in [6.45, 7) is 11.7. The molecule has 0 radical (unpaired) electrons. The van der Waals surface area contributed by atoms with Crippen LogP contribution in [0.15, 0.2) is 24.3 Å². The van der Waals surface area contributed by atoms with Crippen molar-refractivity contribution in [2.24, 2.45) is 5.92 Å². The standard InChI is InChI=1S/C12H22O/c1-5-11(3)7-8-12(4)9-10-13-6-2/h5,9,11H,1,6-8,10H2,2-4H3. The SMILES string of the molecule is C=CC(C)CCC(C)=CCOCC. The summed E-state index contributed by atoms with van der Waals surface area (Å²) in [7, 11) is 0. The summed E-state index contributed by atoms with van der Waals surface area (Å²) in [5.74, 6) is 0.621. The molecule has 0 saturated carbocycles. The number of hydrogen-bond donors (Lipinski definition) is 0. The first kappa shape index (κ1) is 12.4. The Hall–Kier alpha value is -0.560. The molecule has 0 aromatic rings. The van der Waals surface area contributed by atoms with Crippen molar-refractivity contribution in [2.45, 2.75) is 33.6 Å². The van der Waals surface area contributed by atoms with Crippen LogP contribution in [-0.4, -0.2) is 13.2 Å². The molecule has 0 aliphatic heterocycles. The first-order valence-corrected chi connectivity index (χ1v) is 5.06. The molecule has 0 saturated heterocycles. The molecule has 0 rings (SSSR count). The first-order valence-electron chi connectivity index (χ1n) is 5.06. The molecule has 0 aliphatic carbocycles. The number of ether oxygens (including phenoxy) is 1. The van der Waals surface area contributed by atoms with Crippen LogP contribution in [0, 0.1) is 5.92 Å². The molecule has 0 N–H and O–H groups in total. The molecule has 0 aliphatic rings. The molecule has 0 spiro atoms. The van der Waals surface area contributed by atoms with Gasteiger partial charge in [0.05, 0.1) is 6.61 Å². The van der Waals surface area contributed by atoms with E-state index in [1.165, 1.54) is 12.0 Å². The lowest BCUT2D eigenvalue weighted by atomic mass is 10.0. The fraction of sp³-hybridized carbons (Fsp3) is 0.667. The molecule has 0 aromatic carbocycles. The smallest absolute Gasteiger partial charge is 0.0649 e. The number of allylic oxidation sites excluding steroid dienone is 2. The lowest BCUT2D eigenvalue weighted by Gasteiger charge is -2.05. The Morgan fingerprint density at radius 3 is 2.77 bits per heavy atom. The van der Waals surface area contributed by atoms with Gasteiger partial charge in [-0.15, -0.1) is 6.58 Å². The summed E-state index contributed by atoms with van der Waals surface area (Å²) in [4.78, 5) is 0. The number of rotatable bonds is 7. The molecule has 1 heteroatoms. The van der Waals surface area contributed by atoms with E-state index >= 15 is 0 Å². The predicted molar refractivity (Wildman–Crippen MR) is 58.8 cm³/mol. The maximum Gasteiger partial charge on any atom is 0.0649 e. The van der Waals surface area contributed by atoms with Crippen molar-refractivity contribution in [1.82, 2.24) is 0 Å². The van der Waals surface area contributed by atoms with Crippen LogP contribution in [0.2, 0.25) is 0 Å². The van der Waals surface area contributed by atoms with Gasteiger partial charge in [0.15, 0.2) is 0 Å². The van der Waals surface area contributed by atoms with Gasteiger partial charge < -0.3 is 4.74 Å². The quantitative estimate of drug-likeness (QED) is 0.432. The van der Waals surface area contributed by atoms with Crippen LogP contribution in [0.3, 0.4) is 0 Å². The van der Waals surface area contributed by atoms with Gasteiger partial charge in [-0.25, -0.2) is 0 Å². The van der Waals surface area contributed by atoms with Crippen molar-refractivity contribution in [1.29, 1.82) is 0 Å². The van der Waals surface area contributed by atoms with E-state index in [1.54, 1.807) is 0 Å². The van der Waals surface area contributed by atoms with Gasteiger partial charge in [0, 0.05) is 6.61 Å². The third kappa shape index (κ3) is 7.79. The second kappa shape index (κ2) is 8.06. The molecule has 0 heterocycles. The highest BCUT2D eigenvalue weighted by Crippen LogP contribution is 2.11. The third-order valence-electron chi connectivity index (χ3n) is 2.15. The Kier molecular flexibility index (Phi) is 7.71. The minimum absolute atomic E-state index is 0.621. The molecular formula is C12H22O. The van der Waals surface area contributed by atoms with Gasteiger partial charge >= 0.3 is 0 Å². The van der Waals surface area contributed by atoms with Gasteiger partial charge in [-0.3, -0.25) is 0 Å². The Morgan fingerprint density at radius 1 is 1.54 bits per heavy atom. The Labute approximate surface area is 82.5 Å².